The number of nitrogens with one attached hydrogen (secondary N) is 1. The number of methoxy groups -OCH3 is 1. The average molecular weight is 397 g/mol. The van der Waals surface area contributed by atoms with Crippen LogP contribution in [0.15, 0.2) is 82.8 Å². The van der Waals surface area contributed by atoms with Gasteiger partial charge in [0.15, 0.2) is 0 Å². The summed E-state index contributed by atoms with van der Waals surface area (Å²) in [7, 11) is -2.23. The Morgan fingerprint density at radius 1 is 1.00 bits per heavy atom. The summed E-state index contributed by atoms with van der Waals surface area (Å²) in [5.41, 5.74) is 6.76. The number of aromatic nitrogens is 1. The number of pyridine rings is 1. The maximum Gasteiger partial charge on any atom is 0.312 e. The molecule has 1 unspecified atom stereocenters. The van der Waals surface area contributed by atoms with Crippen LogP contribution in [0.3, 0.4) is 0 Å². The van der Waals surface area contributed by atoms with Gasteiger partial charge in [-0.05, 0) is 53.6 Å². The van der Waals surface area contributed by atoms with Gasteiger partial charge >= 0.3 is 6.03 Å². The molecule has 0 saturated heterocycles. The van der Waals surface area contributed by atoms with E-state index in [1.54, 1.807) is 48.8 Å². The van der Waals surface area contributed by atoms with Gasteiger partial charge in [0.1, 0.15) is 5.75 Å². The smallest absolute Gasteiger partial charge is 0.312 e. The number of hydrogen-bond acceptors (Lipinski definition) is 5. The second kappa shape index (κ2) is 8.10. The number of primary amides is 1. The van der Waals surface area contributed by atoms with E-state index in [9.17, 15) is 13.2 Å². The minimum atomic E-state index is -3.70. The first-order chi connectivity index (χ1) is 13.4. The third kappa shape index (κ3) is 4.12. The second-order valence-electron chi connectivity index (χ2n) is 5.97. The van der Waals surface area contributed by atoms with Crippen molar-refractivity contribution in [3.05, 3.63) is 84.2 Å². The van der Waals surface area contributed by atoms with Crippen molar-refractivity contribution in [3.8, 4) is 5.75 Å². The molecule has 3 aromatic rings. The van der Waals surface area contributed by atoms with Crippen molar-refractivity contribution in [2.75, 3.05) is 7.11 Å². The summed E-state index contributed by atoms with van der Waals surface area (Å²) in [6.07, 6.45) is 3.21. The molecule has 7 nitrogen and oxygen atoms in total. The Labute approximate surface area is 163 Å². The molecule has 2 amide bonds. The van der Waals surface area contributed by atoms with E-state index in [4.69, 9.17) is 10.5 Å². The van der Waals surface area contributed by atoms with Crippen molar-refractivity contribution >= 4 is 15.9 Å². The predicted octanol–water partition coefficient (Wildman–Crippen LogP) is 2.68. The van der Waals surface area contributed by atoms with Gasteiger partial charge in [-0.2, -0.15) is 0 Å². The van der Waals surface area contributed by atoms with Crippen LogP contribution in [0.1, 0.15) is 17.2 Å². The number of amides is 2. The SMILES string of the molecule is COc1cccc(S(=O)(=O)c2ccc(C(NC(N)=O)c3ccncc3)cc2)c1. The first kappa shape index (κ1) is 19.4. The summed E-state index contributed by atoms with van der Waals surface area (Å²) in [6.45, 7) is 0. The summed E-state index contributed by atoms with van der Waals surface area (Å²) in [4.78, 5) is 15.7. The molecule has 0 aliphatic rings. The normalized spacial score (nSPS) is 12.2. The quantitative estimate of drug-likeness (QED) is 0.664. The lowest BCUT2D eigenvalue weighted by atomic mass is 10.00. The molecule has 0 radical (unpaired) electrons. The highest BCUT2D eigenvalue weighted by Crippen LogP contribution is 2.27. The maximum absolute atomic E-state index is 12.9. The highest BCUT2D eigenvalue weighted by molar-refractivity contribution is 7.91. The fourth-order valence-corrected chi connectivity index (χ4v) is 4.10. The topological polar surface area (TPSA) is 111 Å². The van der Waals surface area contributed by atoms with Crippen LogP contribution in [0.25, 0.3) is 0 Å². The lowest BCUT2D eigenvalue weighted by Gasteiger charge is -2.18. The van der Waals surface area contributed by atoms with Gasteiger partial charge in [-0.25, -0.2) is 13.2 Å². The molecule has 0 fully saturated rings. The summed E-state index contributed by atoms with van der Waals surface area (Å²) < 4.78 is 30.9. The number of hydrogen-bond donors (Lipinski definition) is 2. The predicted molar refractivity (Wildman–Crippen MR) is 104 cm³/mol. The van der Waals surface area contributed by atoms with Gasteiger partial charge in [0.2, 0.25) is 9.84 Å². The molecule has 0 bridgehead atoms. The molecule has 8 heteroatoms. The van der Waals surface area contributed by atoms with Crippen LogP contribution in [-0.4, -0.2) is 26.5 Å². The molecule has 2 aromatic carbocycles. The average Bonchev–Trinajstić information content (AvgIpc) is 2.72. The fourth-order valence-electron chi connectivity index (χ4n) is 2.80. The van der Waals surface area contributed by atoms with Crippen molar-refractivity contribution in [1.82, 2.24) is 10.3 Å². The van der Waals surface area contributed by atoms with Crippen molar-refractivity contribution in [2.45, 2.75) is 15.8 Å². The first-order valence-corrected chi connectivity index (χ1v) is 9.85. The highest BCUT2D eigenvalue weighted by Gasteiger charge is 2.20. The number of carbonyl (C=O) groups excluding carboxylic acids is 1. The van der Waals surface area contributed by atoms with Gasteiger partial charge in [0, 0.05) is 12.4 Å². The molecule has 1 aromatic heterocycles. The van der Waals surface area contributed by atoms with Crippen LogP contribution in [0.5, 0.6) is 5.75 Å². The van der Waals surface area contributed by atoms with E-state index < -0.39 is 21.9 Å². The van der Waals surface area contributed by atoms with Gasteiger partial charge in [-0.1, -0.05) is 18.2 Å². The Kier molecular flexibility index (Phi) is 5.60. The largest absolute Gasteiger partial charge is 0.497 e. The van der Waals surface area contributed by atoms with Crippen LogP contribution in [0, 0.1) is 0 Å². The van der Waals surface area contributed by atoms with Crippen LogP contribution < -0.4 is 15.8 Å². The summed E-state index contributed by atoms with van der Waals surface area (Å²) in [5.74, 6) is 0.459. The molecule has 28 heavy (non-hydrogen) atoms. The van der Waals surface area contributed by atoms with Crippen LogP contribution in [-0.2, 0) is 9.84 Å². The molecule has 3 N–H and O–H groups in total. The second-order valence-corrected chi connectivity index (χ2v) is 7.92. The number of ether oxygens (including phenoxy) is 1. The Balaban J connectivity index is 1.96. The van der Waals surface area contributed by atoms with Crippen LogP contribution in [0.4, 0.5) is 4.79 Å². The molecule has 0 aliphatic heterocycles. The third-order valence-electron chi connectivity index (χ3n) is 4.20. The van der Waals surface area contributed by atoms with E-state index >= 15 is 0 Å². The highest BCUT2D eigenvalue weighted by atomic mass is 32.2. The zero-order valence-electron chi connectivity index (χ0n) is 15.1. The van der Waals surface area contributed by atoms with Crippen molar-refractivity contribution in [1.29, 1.82) is 0 Å². The van der Waals surface area contributed by atoms with E-state index in [0.29, 0.717) is 11.3 Å². The molecule has 0 saturated carbocycles. The minimum absolute atomic E-state index is 0.136. The Hall–Kier alpha value is -3.39. The molecule has 3 rings (SSSR count). The molecule has 0 spiro atoms. The molecule has 1 heterocycles. The van der Waals surface area contributed by atoms with Gasteiger partial charge in [0.25, 0.3) is 0 Å². The minimum Gasteiger partial charge on any atom is -0.497 e. The summed E-state index contributed by atoms with van der Waals surface area (Å²) in [5, 5.41) is 2.66. The van der Waals surface area contributed by atoms with E-state index in [1.807, 2.05) is 0 Å². The van der Waals surface area contributed by atoms with E-state index in [0.717, 1.165) is 5.56 Å². The maximum atomic E-state index is 12.9. The Morgan fingerprint density at radius 2 is 1.64 bits per heavy atom. The van der Waals surface area contributed by atoms with E-state index in [-0.39, 0.29) is 9.79 Å². The molecular weight excluding hydrogens is 378 g/mol. The number of rotatable bonds is 6. The van der Waals surface area contributed by atoms with Crippen molar-refractivity contribution in [2.24, 2.45) is 5.73 Å². The van der Waals surface area contributed by atoms with Gasteiger partial charge in [0.05, 0.1) is 22.9 Å². The number of urea groups is 1. The zero-order valence-corrected chi connectivity index (χ0v) is 15.9. The molecule has 0 aliphatic carbocycles. The number of benzene rings is 2. The zero-order chi connectivity index (χ0) is 20.1. The van der Waals surface area contributed by atoms with Gasteiger partial charge in [-0.15, -0.1) is 0 Å². The lowest BCUT2D eigenvalue weighted by Crippen LogP contribution is -2.33. The number of sulfone groups is 1. The lowest BCUT2D eigenvalue weighted by molar-refractivity contribution is 0.247. The monoisotopic (exact) mass is 397 g/mol. The molecule has 144 valence electrons. The Morgan fingerprint density at radius 3 is 2.25 bits per heavy atom. The van der Waals surface area contributed by atoms with Crippen LogP contribution >= 0.6 is 0 Å². The number of nitrogens with zero attached hydrogens (tertiary/aromatic N) is 1. The molecule has 1 atom stereocenters. The standard InChI is InChI=1S/C20H19N3O4S/c1-27-16-3-2-4-18(13-16)28(25,26)17-7-5-14(6-8-17)19(23-20(21)24)15-9-11-22-12-10-15/h2-13,19H,1H3,(H3,21,23,24). The van der Waals surface area contributed by atoms with Crippen LogP contribution in [0.2, 0.25) is 0 Å². The van der Waals surface area contributed by atoms with Crippen molar-refractivity contribution in [3.63, 3.8) is 0 Å². The fraction of sp³-hybridized carbons (Fsp3) is 0.100. The third-order valence-corrected chi connectivity index (χ3v) is 5.97. The molecular formula is C20H19N3O4S. The number of nitrogens with two attached hydrogens (primary N) is 1. The van der Waals surface area contributed by atoms with E-state index in [2.05, 4.69) is 10.3 Å². The van der Waals surface area contributed by atoms with Gasteiger partial charge < -0.3 is 15.8 Å². The van der Waals surface area contributed by atoms with Crippen molar-refractivity contribution < 1.29 is 17.9 Å². The first-order valence-electron chi connectivity index (χ1n) is 8.37. The van der Waals surface area contributed by atoms with Gasteiger partial charge in [-0.3, -0.25) is 4.98 Å². The summed E-state index contributed by atoms with van der Waals surface area (Å²) >= 11 is 0. The number of carbonyl (C=O) groups is 1. The Bertz CT molecular complexity index is 1070. The summed E-state index contributed by atoms with van der Waals surface area (Å²) in [6, 6.07) is 14.9. The van der Waals surface area contributed by atoms with E-state index in [1.165, 1.54) is 31.4 Å².